The molecule has 3 amide bonds. The second-order valence-electron chi connectivity index (χ2n) is 9.22. The third kappa shape index (κ3) is 4.19. The molecule has 0 saturated carbocycles. The molecule has 1 aromatic rings. The minimum absolute atomic E-state index is 0.101. The molecule has 4 aliphatic heterocycles. The number of amides is 3. The molecule has 1 aromatic carbocycles. The number of anilines is 1. The van der Waals surface area contributed by atoms with E-state index in [1.807, 2.05) is 12.1 Å². The highest BCUT2D eigenvalue weighted by Crippen LogP contribution is 2.31. The fourth-order valence-corrected chi connectivity index (χ4v) is 5.36. The van der Waals surface area contributed by atoms with Gasteiger partial charge in [-0.3, -0.25) is 24.6 Å². The van der Waals surface area contributed by atoms with Crippen molar-refractivity contribution in [1.29, 1.82) is 0 Å². The second kappa shape index (κ2) is 8.59. The monoisotopic (exact) mass is 425 g/mol. The molecule has 2 N–H and O–H groups in total. The average molecular weight is 426 g/mol. The van der Waals surface area contributed by atoms with Crippen LogP contribution in [0.25, 0.3) is 0 Å². The van der Waals surface area contributed by atoms with Crippen LogP contribution in [0.3, 0.4) is 0 Å². The zero-order valence-electron chi connectivity index (χ0n) is 17.9. The first-order valence-electron chi connectivity index (χ1n) is 11.5. The van der Waals surface area contributed by atoms with Gasteiger partial charge in [-0.15, -0.1) is 0 Å². The molecule has 0 spiro atoms. The van der Waals surface area contributed by atoms with Crippen LogP contribution in [0.5, 0.6) is 0 Å². The highest BCUT2D eigenvalue weighted by molar-refractivity contribution is 6.05. The normalized spacial score (nSPS) is 25.7. The van der Waals surface area contributed by atoms with Crippen molar-refractivity contribution in [2.75, 3.05) is 50.7 Å². The first kappa shape index (κ1) is 20.5. The Morgan fingerprint density at radius 3 is 2.48 bits per heavy atom. The average Bonchev–Trinajstić information content (AvgIpc) is 3.11. The van der Waals surface area contributed by atoms with Gasteiger partial charge in [0, 0.05) is 56.9 Å². The summed E-state index contributed by atoms with van der Waals surface area (Å²) in [4.78, 5) is 43.3. The van der Waals surface area contributed by atoms with Gasteiger partial charge in [-0.25, -0.2) is 0 Å². The van der Waals surface area contributed by atoms with Gasteiger partial charge in [0.1, 0.15) is 6.04 Å². The summed E-state index contributed by atoms with van der Waals surface area (Å²) in [6.45, 7) is 7.95. The minimum Gasteiger partial charge on any atom is -0.369 e. The van der Waals surface area contributed by atoms with Gasteiger partial charge in [-0.1, -0.05) is 6.07 Å². The maximum Gasteiger partial charge on any atom is 0.255 e. The molecule has 0 bridgehead atoms. The van der Waals surface area contributed by atoms with Crippen molar-refractivity contribution >= 4 is 23.4 Å². The first-order chi connectivity index (χ1) is 15.1. The molecule has 0 radical (unpaired) electrons. The van der Waals surface area contributed by atoms with Crippen LogP contribution >= 0.6 is 0 Å². The number of benzene rings is 1. The van der Waals surface area contributed by atoms with Crippen molar-refractivity contribution in [2.24, 2.45) is 5.92 Å². The number of rotatable bonds is 4. The second-order valence-corrected chi connectivity index (χ2v) is 9.22. The van der Waals surface area contributed by atoms with Crippen molar-refractivity contribution < 1.29 is 14.4 Å². The molecule has 8 nitrogen and oxygen atoms in total. The maximum absolute atomic E-state index is 13.1. The SMILES string of the molecule is O=C1CCC(N2Cc3ccc(N4CCN(CC5CCNCC5)CC4)cc3C2=O)C(=O)N1. The Hall–Kier alpha value is -2.45. The summed E-state index contributed by atoms with van der Waals surface area (Å²) in [6, 6.07) is 5.56. The summed E-state index contributed by atoms with van der Waals surface area (Å²) < 4.78 is 0. The Morgan fingerprint density at radius 2 is 1.74 bits per heavy atom. The Kier molecular flexibility index (Phi) is 5.67. The van der Waals surface area contributed by atoms with Gasteiger partial charge in [0.05, 0.1) is 0 Å². The van der Waals surface area contributed by atoms with Crippen molar-refractivity contribution in [2.45, 2.75) is 38.3 Å². The van der Waals surface area contributed by atoms with E-state index in [0.717, 1.165) is 56.4 Å². The number of fused-ring (bicyclic) bond motifs is 1. The molecular formula is C23H31N5O3. The summed E-state index contributed by atoms with van der Waals surface area (Å²) in [7, 11) is 0. The molecule has 8 heteroatoms. The van der Waals surface area contributed by atoms with Crippen LogP contribution < -0.4 is 15.5 Å². The molecular weight excluding hydrogens is 394 g/mol. The third-order valence-electron chi connectivity index (χ3n) is 7.22. The highest BCUT2D eigenvalue weighted by Gasteiger charge is 2.39. The largest absolute Gasteiger partial charge is 0.369 e. The van der Waals surface area contributed by atoms with Crippen LogP contribution in [-0.4, -0.2) is 79.4 Å². The van der Waals surface area contributed by atoms with Gasteiger partial charge in [0.15, 0.2) is 0 Å². The molecule has 31 heavy (non-hydrogen) atoms. The van der Waals surface area contributed by atoms with Crippen molar-refractivity contribution in [1.82, 2.24) is 20.4 Å². The third-order valence-corrected chi connectivity index (χ3v) is 7.22. The number of imide groups is 1. The lowest BCUT2D eigenvalue weighted by Crippen LogP contribution is -2.52. The number of nitrogens with one attached hydrogen (secondary N) is 2. The number of piperazine rings is 1. The number of hydrogen-bond acceptors (Lipinski definition) is 6. The number of nitrogens with zero attached hydrogens (tertiary/aromatic N) is 3. The van der Waals surface area contributed by atoms with Gasteiger partial charge in [-0.05, 0) is 56.0 Å². The van der Waals surface area contributed by atoms with Gasteiger partial charge in [0.25, 0.3) is 5.91 Å². The molecule has 3 saturated heterocycles. The fraction of sp³-hybridized carbons (Fsp3) is 0.609. The van der Waals surface area contributed by atoms with Gasteiger partial charge in [0.2, 0.25) is 11.8 Å². The fourth-order valence-electron chi connectivity index (χ4n) is 5.36. The topological polar surface area (TPSA) is 85.0 Å². The van der Waals surface area contributed by atoms with Gasteiger partial charge in [-0.2, -0.15) is 0 Å². The summed E-state index contributed by atoms with van der Waals surface area (Å²) in [6.07, 6.45) is 3.23. The van der Waals surface area contributed by atoms with E-state index in [1.54, 1.807) is 4.90 Å². The maximum atomic E-state index is 13.1. The van der Waals surface area contributed by atoms with E-state index in [9.17, 15) is 14.4 Å². The van der Waals surface area contributed by atoms with E-state index in [1.165, 1.54) is 19.4 Å². The first-order valence-corrected chi connectivity index (χ1v) is 11.5. The van der Waals surface area contributed by atoms with Crippen LogP contribution in [0.2, 0.25) is 0 Å². The number of carbonyl (C=O) groups is 3. The van der Waals surface area contributed by atoms with Gasteiger partial charge < -0.3 is 15.1 Å². The molecule has 4 aliphatic rings. The molecule has 0 aromatic heterocycles. The number of hydrogen-bond donors (Lipinski definition) is 2. The summed E-state index contributed by atoms with van der Waals surface area (Å²) in [5.41, 5.74) is 2.74. The quantitative estimate of drug-likeness (QED) is 0.686. The Morgan fingerprint density at radius 1 is 0.968 bits per heavy atom. The zero-order chi connectivity index (χ0) is 21.4. The van der Waals surface area contributed by atoms with Crippen LogP contribution in [-0.2, 0) is 16.1 Å². The van der Waals surface area contributed by atoms with E-state index in [0.29, 0.717) is 18.5 Å². The Bertz CT molecular complexity index is 874. The van der Waals surface area contributed by atoms with Crippen molar-refractivity contribution in [3.8, 4) is 0 Å². The lowest BCUT2D eigenvalue weighted by atomic mass is 9.97. The molecule has 0 aliphatic carbocycles. The van der Waals surface area contributed by atoms with E-state index >= 15 is 0 Å². The van der Waals surface area contributed by atoms with E-state index in [-0.39, 0.29) is 24.1 Å². The minimum atomic E-state index is -0.556. The molecule has 3 fully saturated rings. The molecule has 1 atom stereocenters. The van der Waals surface area contributed by atoms with Crippen molar-refractivity contribution in [3.05, 3.63) is 29.3 Å². The smallest absolute Gasteiger partial charge is 0.255 e. The summed E-state index contributed by atoms with van der Waals surface area (Å²) >= 11 is 0. The van der Waals surface area contributed by atoms with Gasteiger partial charge >= 0.3 is 0 Å². The summed E-state index contributed by atoms with van der Waals surface area (Å²) in [5.74, 6) is 0.0917. The predicted molar refractivity (Wildman–Crippen MR) is 117 cm³/mol. The zero-order valence-corrected chi connectivity index (χ0v) is 17.9. The standard InChI is InChI=1S/C23H31N5O3/c29-21-4-3-20(22(30)25-21)28-15-17-1-2-18(13-19(17)23(28)31)27-11-9-26(10-12-27)14-16-5-7-24-8-6-16/h1-2,13,16,20,24H,3-12,14-15H2,(H,25,29,30). The molecule has 4 heterocycles. The van der Waals surface area contributed by atoms with Crippen LogP contribution in [0, 0.1) is 5.92 Å². The van der Waals surface area contributed by atoms with Crippen LogP contribution in [0.1, 0.15) is 41.6 Å². The molecule has 166 valence electrons. The van der Waals surface area contributed by atoms with Crippen LogP contribution in [0.4, 0.5) is 5.69 Å². The lowest BCUT2D eigenvalue weighted by molar-refractivity contribution is -0.136. The van der Waals surface area contributed by atoms with E-state index < -0.39 is 6.04 Å². The molecule has 5 rings (SSSR count). The Balaban J connectivity index is 1.21. The number of piperidine rings is 2. The summed E-state index contributed by atoms with van der Waals surface area (Å²) in [5, 5.41) is 5.80. The van der Waals surface area contributed by atoms with Crippen molar-refractivity contribution in [3.63, 3.8) is 0 Å². The Labute approximate surface area is 182 Å². The lowest BCUT2D eigenvalue weighted by Gasteiger charge is -2.38. The molecule has 1 unspecified atom stereocenters. The van der Waals surface area contributed by atoms with Crippen LogP contribution in [0.15, 0.2) is 18.2 Å². The predicted octanol–water partition coefficient (Wildman–Crippen LogP) is 0.569. The van der Waals surface area contributed by atoms with E-state index in [2.05, 4.69) is 26.5 Å². The number of carbonyl (C=O) groups excluding carboxylic acids is 3. The van der Waals surface area contributed by atoms with E-state index in [4.69, 9.17) is 0 Å². The highest BCUT2D eigenvalue weighted by atomic mass is 16.2.